The van der Waals surface area contributed by atoms with Gasteiger partial charge in [0.25, 0.3) is 0 Å². The summed E-state index contributed by atoms with van der Waals surface area (Å²) >= 11 is 0. The molecule has 6 aromatic rings. The average molecular weight is 799 g/mol. The molecule has 0 spiro atoms. The first kappa shape index (κ1) is 43.0. The zero-order valence-corrected chi connectivity index (χ0v) is 37.0. The molecule has 2 aliphatic rings. The molecule has 0 saturated carbocycles. The van der Waals surface area contributed by atoms with Crippen molar-refractivity contribution in [3.8, 4) is 0 Å². The van der Waals surface area contributed by atoms with Crippen LogP contribution in [0, 0.1) is 48.5 Å². The Hall–Kier alpha value is -5.13. The molecule has 1 radical (unpaired) electrons. The van der Waals surface area contributed by atoms with Gasteiger partial charge in [0.2, 0.25) is 0 Å². The van der Waals surface area contributed by atoms with E-state index in [9.17, 15) is 0 Å². The fourth-order valence-electron chi connectivity index (χ4n) is 7.58. The predicted molar refractivity (Wildman–Crippen MR) is 243 cm³/mol. The van der Waals surface area contributed by atoms with Gasteiger partial charge in [0.05, 0.1) is 16.6 Å². The zero-order valence-electron chi connectivity index (χ0n) is 36.1. The number of fused-ring (bicyclic) bond motifs is 7. The Morgan fingerprint density at radius 3 is 1.58 bits per heavy atom. The van der Waals surface area contributed by atoms with Crippen molar-refractivity contribution in [1.82, 2.24) is 15.0 Å². The number of benzene rings is 3. The van der Waals surface area contributed by atoms with Crippen molar-refractivity contribution in [3.63, 3.8) is 0 Å². The van der Waals surface area contributed by atoms with Gasteiger partial charge in [-0.05, 0) is 162 Å². The summed E-state index contributed by atoms with van der Waals surface area (Å²) in [4.78, 5) is 13.7. The molecule has 1 atom stereocenters. The monoisotopic (exact) mass is 797 g/mol. The Labute approximate surface area is 349 Å². The van der Waals surface area contributed by atoms with Crippen molar-refractivity contribution < 1.29 is 16.5 Å². The summed E-state index contributed by atoms with van der Waals surface area (Å²) in [6.45, 7) is 30.4. The maximum Gasteiger partial charge on any atom is 3.00 e. The predicted octanol–water partition coefficient (Wildman–Crippen LogP) is 14.3. The molecule has 1 unspecified atom stereocenters. The van der Waals surface area contributed by atoms with Gasteiger partial charge in [-0.1, -0.05) is 66.1 Å². The summed E-state index contributed by atoms with van der Waals surface area (Å²) in [6.07, 6.45) is 6.97. The van der Waals surface area contributed by atoms with E-state index >= 15 is 0 Å². The van der Waals surface area contributed by atoms with Crippen molar-refractivity contribution in [2.45, 2.75) is 103 Å². The summed E-state index contributed by atoms with van der Waals surface area (Å²) in [5.41, 5.74) is 25.0. The number of pyridine rings is 3. The molecule has 5 heterocycles. The Kier molecular flexibility index (Phi) is 12.9. The Bertz CT molecular complexity index is 2610. The smallest absolute Gasteiger partial charge is 0.810 e. The molecule has 7 heteroatoms. The van der Waals surface area contributed by atoms with E-state index in [2.05, 4.69) is 134 Å². The van der Waals surface area contributed by atoms with E-state index < -0.39 is 0 Å². The maximum atomic E-state index is 9.15. The number of aryl methyl sites for hydroxylation is 7. The number of aromatic nitrogens is 3. The minimum atomic E-state index is 0. The second-order valence-electron chi connectivity index (χ2n) is 15.8. The molecule has 295 valence electrons. The largest absolute Gasteiger partial charge is 3.00 e. The fraction of sp³-hybridized carbons (Fsp3) is 0.320. The first-order chi connectivity index (χ1) is 26.6. The molecule has 0 fully saturated rings. The van der Waals surface area contributed by atoms with Gasteiger partial charge >= 0.3 is 16.5 Å². The van der Waals surface area contributed by atoms with E-state index in [1.807, 2.05) is 32.4 Å². The Balaban J connectivity index is 0.000000162. The molecular weight excluding hydrogens is 743 g/mol. The Morgan fingerprint density at radius 2 is 1.07 bits per heavy atom. The molecular formula is C50H55N6Ni. The van der Waals surface area contributed by atoms with Crippen LogP contribution in [-0.2, 0) is 16.5 Å². The van der Waals surface area contributed by atoms with Crippen LogP contribution in [0.3, 0.4) is 0 Å². The van der Waals surface area contributed by atoms with Crippen LogP contribution in [-0.4, -0.2) is 33.8 Å². The quantitative estimate of drug-likeness (QED) is 0.0992. The minimum Gasteiger partial charge on any atom is -0.810 e. The first-order valence-corrected chi connectivity index (χ1v) is 19.6. The van der Waals surface area contributed by atoms with Crippen molar-refractivity contribution in [2.75, 3.05) is 6.54 Å². The number of allylic oxidation sites excluding steroid dienone is 4. The average Bonchev–Trinajstić information content (AvgIpc) is 3.19. The van der Waals surface area contributed by atoms with Gasteiger partial charge in [0.1, 0.15) is 0 Å². The van der Waals surface area contributed by atoms with Gasteiger partial charge in [-0.15, -0.1) is 17.9 Å². The zero-order chi connectivity index (χ0) is 40.7. The molecule has 0 bridgehead atoms. The third-order valence-electron chi connectivity index (χ3n) is 12.5. The SMILES string of the molecule is C/C(C=[N-])=C(\C)c1ccc2c(C)c(C)cnc2c1C.CC1=C(C)c2ccc3c(c2[N-]C1)[N-]C(C)C(C)=C3C.Cc1cnc2c(ccc3c(C)c(C)cnc32)c1C.[Ni+3]. The van der Waals surface area contributed by atoms with E-state index in [0.717, 1.165) is 57.4 Å². The van der Waals surface area contributed by atoms with E-state index in [4.69, 9.17) is 16.0 Å². The molecule has 8 rings (SSSR count). The topological polar surface area (TPSA) is 89.2 Å². The summed E-state index contributed by atoms with van der Waals surface area (Å²) < 4.78 is 0. The van der Waals surface area contributed by atoms with Crippen LogP contribution < -0.4 is 0 Å². The van der Waals surface area contributed by atoms with Crippen LogP contribution in [0.4, 0.5) is 11.4 Å². The fourth-order valence-corrected chi connectivity index (χ4v) is 7.58. The van der Waals surface area contributed by atoms with Crippen molar-refractivity contribution in [2.24, 2.45) is 0 Å². The molecule has 3 aromatic carbocycles. The normalized spacial score (nSPS) is 14.9. The van der Waals surface area contributed by atoms with Gasteiger partial charge in [-0.3, -0.25) is 15.0 Å². The third-order valence-corrected chi connectivity index (χ3v) is 12.5. The Morgan fingerprint density at radius 1 is 0.614 bits per heavy atom. The molecule has 0 saturated heterocycles. The van der Waals surface area contributed by atoms with Gasteiger partial charge in [-0.25, -0.2) is 0 Å². The molecule has 6 nitrogen and oxygen atoms in total. The summed E-state index contributed by atoms with van der Waals surface area (Å²) in [5.74, 6) is 0. The van der Waals surface area contributed by atoms with Crippen LogP contribution >= 0.6 is 0 Å². The van der Waals surface area contributed by atoms with E-state index in [0.29, 0.717) is 0 Å². The summed E-state index contributed by atoms with van der Waals surface area (Å²) in [7, 11) is 0. The van der Waals surface area contributed by atoms with Crippen molar-refractivity contribution >= 4 is 67.0 Å². The van der Waals surface area contributed by atoms with Crippen LogP contribution in [0.2, 0.25) is 0 Å². The van der Waals surface area contributed by atoms with Gasteiger partial charge in [0.15, 0.2) is 0 Å². The third kappa shape index (κ3) is 7.92. The van der Waals surface area contributed by atoms with Gasteiger partial charge < -0.3 is 16.0 Å². The van der Waals surface area contributed by atoms with Crippen molar-refractivity contribution in [1.29, 1.82) is 0 Å². The summed E-state index contributed by atoms with van der Waals surface area (Å²) in [6, 6.07) is 13.3. The van der Waals surface area contributed by atoms with E-state index in [1.54, 1.807) is 0 Å². The summed E-state index contributed by atoms with van der Waals surface area (Å²) in [5, 5.41) is 22.4. The van der Waals surface area contributed by atoms with Gasteiger partial charge in [-0.2, -0.15) is 6.21 Å². The second kappa shape index (κ2) is 17.2. The van der Waals surface area contributed by atoms with Crippen LogP contribution in [0.15, 0.2) is 71.7 Å². The standard InChI is InChI=1S/C17H20N2.C17H19N2.C16H16N2.Ni/c1-9-8-18-16-14(10(9)2)6-7-15-12(4)11(3)13(5)19-17(15)16;1-10(8-18)12(3)15-6-7-16-13(4)11(2)9-19-17(16)14(15)5;1-9-7-17-15-13(11(9)3)5-6-14-12(4)10(2)8-18-16(14)15;/h6-7,13H,8H2,1-5H3;6-9H,1-5H3;5-8H,1-4H3;/q-2;-1;;+3/b;12-10-;;. The van der Waals surface area contributed by atoms with Crippen LogP contribution in [0.5, 0.6) is 0 Å². The number of rotatable bonds is 2. The van der Waals surface area contributed by atoms with Crippen LogP contribution in [0.25, 0.3) is 65.5 Å². The first-order valence-electron chi connectivity index (χ1n) is 19.6. The molecule has 0 amide bonds. The van der Waals surface area contributed by atoms with Gasteiger partial charge in [0, 0.05) is 34.7 Å². The molecule has 0 N–H and O–H groups in total. The molecule has 3 aromatic heterocycles. The van der Waals surface area contributed by atoms with Crippen LogP contribution in [0.1, 0.15) is 104 Å². The van der Waals surface area contributed by atoms with E-state index in [-0.39, 0.29) is 22.5 Å². The maximum absolute atomic E-state index is 9.15. The second-order valence-corrected chi connectivity index (χ2v) is 15.8. The number of nitrogens with zero attached hydrogens (tertiary/aromatic N) is 6. The molecule has 57 heavy (non-hydrogen) atoms. The van der Waals surface area contributed by atoms with Crippen molar-refractivity contribution in [3.05, 3.63) is 143 Å². The minimum absolute atomic E-state index is 0. The molecule has 0 aliphatic carbocycles. The number of hydrogen-bond donors (Lipinski definition) is 0. The van der Waals surface area contributed by atoms with E-state index in [1.165, 1.54) is 88.5 Å². The molecule has 2 aliphatic heterocycles. The number of hydrogen-bond acceptors (Lipinski definition) is 3.